The lowest BCUT2D eigenvalue weighted by Gasteiger charge is -2.39. The Morgan fingerprint density at radius 2 is 2.00 bits per heavy atom. The third-order valence-corrected chi connectivity index (χ3v) is 5.93. The van der Waals surface area contributed by atoms with E-state index in [0.717, 1.165) is 18.4 Å². The number of urea groups is 1. The fraction of sp³-hybridized carbons (Fsp3) is 0.250. The molecule has 2 aliphatic rings. The number of aromatic amines is 1. The van der Waals surface area contributed by atoms with Crippen molar-refractivity contribution in [3.63, 3.8) is 0 Å². The molecular weight excluding hydrogens is 480 g/mol. The molecule has 0 radical (unpaired) electrons. The fourth-order valence-corrected chi connectivity index (χ4v) is 3.83. The first-order chi connectivity index (χ1) is 18.1. The van der Waals surface area contributed by atoms with E-state index in [0.29, 0.717) is 42.0 Å². The summed E-state index contributed by atoms with van der Waals surface area (Å²) < 4.78 is 7.50. The summed E-state index contributed by atoms with van der Waals surface area (Å²) in [5.41, 5.74) is 2.46. The summed E-state index contributed by atoms with van der Waals surface area (Å²) in [6, 6.07) is 9.17. The Hall–Kier alpha value is -4.94. The molecule has 1 saturated heterocycles. The smallest absolute Gasteiger partial charge is 0.317 e. The number of pyridine rings is 1. The van der Waals surface area contributed by atoms with Crippen molar-refractivity contribution >= 4 is 24.1 Å². The maximum atomic E-state index is 12.9. The summed E-state index contributed by atoms with van der Waals surface area (Å²) in [5.74, 6) is 0.312. The number of hydrogen-bond donors (Lipinski definition) is 4. The molecule has 6 rings (SSSR count). The van der Waals surface area contributed by atoms with Crippen LogP contribution in [0.15, 0.2) is 59.5 Å². The van der Waals surface area contributed by atoms with Gasteiger partial charge in [-0.1, -0.05) is 6.07 Å². The quantitative estimate of drug-likeness (QED) is 0.290. The molecule has 1 aliphatic carbocycles. The second-order valence-electron chi connectivity index (χ2n) is 8.58. The maximum Gasteiger partial charge on any atom is 0.317 e. The number of aromatic nitrogens is 5. The van der Waals surface area contributed by atoms with Crippen molar-refractivity contribution in [2.75, 3.05) is 18.4 Å². The van der Waals surface area contributed by atoms with E-state index in [2.05, 4.69) is 25.8 Å². The molecule has 4 aromatic rings. The van der Waals surface area contributed by atoms with Crippen LogP contribution in [0.5, 0.6) is 0 Å². The summed E-state index contributed by atoms with van der Waals surface area (Å²) in [5, 5.41) is 24.1. The average molecular weight is 505 g/mol. The molecule has 0 spiro atoms. The van der Waals surface area contributed by atoms with Crippen molar-refractivity contribution in [2.24, 2.45) is 0 Å². The third-order valence-electron chi connectivity index (χ3n) is 5.93. The number of amides is 3. The van der Waals surface area contributed by atoms with E-state index in [1.165, 1.54) is 0 Å². The van der Waals surface area contributed by atoms with E-state index in [4.69, 9.17) is 19.4 Å². The Morgan fingerprint density at radius 1 is 1.19 bits per heavy atom. The summed E-state index contributed by atoms with van der Waals surface area (Å²) in [4.78, 5) is 39.7. The summed E-state index contributed by atoms with van der Waals surface area (Å²) >= 11 is 0. The highest BCUT2D eigenvalue weighted by molar-refractivity contribution is 6.04. The van der Waals surface area contributed by atoms with Crippen molar-refractivity contribution in [3.8, 4) is 22.7 Å². The monoisotopic (exact) mass is 504 g/mol. The molecule has 13 nitrogen and oxygen atoms in total. The van der Waals surface area contributed by atoms with Crippen molar-refractivity contribution in [1.29, 1.82) is 0 Å². The van der Waals surface area contributed by atoms with Gasteiger partial charge in [0.25, 0.3) is 12.4 Å². The molecule has 4 N–H and O–H groups in total. The summed E-state index contributed by atoms with van der Waals surface area (Å²) in [6.07, 6.45) is 8.88. The van der Waals surface area contributed by atoms with Crippen LogP contribution < -0.4 is 10.6 Å². The number of carboxylic acid groups (broad SMARTS) is 1. The van der Waals surface area contributed by atoms with Gasteiger partial charge >= 0.3 is 6.03 Å². The lowest BCUT2D eigenvalue weighted by Crippen LogP contribution is -2.54. The van der Waals surface area contributed by atoms with Crippen molar-refractivity contribution < 1.29 is 23.9 Å². The van der Waals surface area contributed by atoms with Gasteiger partial charge in [-0.2, -0.15) is 10.2 Å². The fourth-order valence-electron chi connectivity index (χ4n) is 3.83. The molecule has 4 aromatic heterocycles. The zero-order chi connectivity index (χ0) is 25.8. The van der Waals surface area contributed by atoms with E-state index in [-0.39, 0.29) is 24.3 Å². The lowest BCUT2D eigenvalue weighted by molar-refractivity contribution is -0.122. The van der Waals surface area contributed by atoms with Crippen LogP contribution in [0.25, 0.3) is 22.7 Å². The van der Waals surface area contributed by atoms with Gasteiger partial charge < -0.3 is 25.1 Å². The molecule has 0 bridgehead atoms. The number of carbonyl (C=O) groups excluding carboxylic acids is 2. The number of rotatable bonds is 6. The van der Waals surface area contributed by atoms with Gasteiger partial charge in [0, 0.05) is 37.7 Å². The second-order valence-corrected chi connectivity index (χ2v) is 8.58. The largest absolute Gasteiger partial charge is 0.483 e. The first kappa shape index (κ1) is 23.8. The minimum atomic E-state index is -0.398. The Morgan fingerprint density at radius 3 is 2.68 bits per heavy atom. The Kier molecular flexibility index (Phi) is 6.66. The van der Waals surface area contributed by atoms with Gasteiger partial charge in [-0.25, -0.2) is 4.79 Å². The van der Waals surface area contributed by atoms with Gasteiger partial charge in [0.15, 0.2) is 5.76 Å². The van der Waals surface area contributed by atoms with Gasteiger partial charge in [-0.05, 0) is 37.1 Å². The molecule has 3 amide bonds. The molecule has 5 heterocycles. The molecular formula is C24H24N8O5. The zero-order valence-corrected chi connectivity index (χ0v) is 19.6. The van der Waals surface area contributed by atoms with Crippen LogP contribution in [0.2, 0.25) is 0 Å². The molecule has 13 heteroatoms. The number of furan rings is 1. The van der Waals surface area contributed by atoms with Gasteiger partial charge in [0.1, 0.15) is 11.5 Å². The van der Waals surface area contributed by atoms with E-state index in [1.807, 2.05) is 18.2 Å². The number of nitrogens with one attached hydrogen (secondary N) is 3. The minimum absolute atomic E-state index is 0.0226. The normalized spacial score (nSPS) is 14.8. The molecule has 0 unspecified atom stereocenters. The Bertz CT molecular complexity index is 1370. The third kappa shape index (κ3) is 5.34. The minimum Gasteiger partial charge on any atom is -0.483 e. The highest BCUT2D eigenvalue weighted by Gasteiger charge is 2.35. The number of nitrogens with zero attached hydrogens (tertiary/aromatic N) is 5. The van der Waals surface area contributed by atoms with Crippen molar-refractivity contribution in [3.05, 3.63) is 60.9 Å². The predicted molar refractivity (Wildman–Crippen MR) is 131 cm³/mol. The summed E-state index contributed by atoms with van der Waals surface area (Å²) in [7, 11) is 0. The van der Waals surface area contributed by atoms with Gasteiger partial charge in [0.2, 0.25) is 0 Å². The Labute approximate surface area is 210 Å². The first-order valence-electron chi connectivity index (χ1n) is 11.6. The number of anilines is 1. The molecule has 0 aromatic carbocycles. The SMILES string of the molecule is O=C(Nc1cn(C2CN(C(=O)NC3CC3)C2)nc1-c1ccccn1)c1ccc(-c2cn[nH]c2)o1.O=CO. The molecule has 2 fully saturated rings. The van der Waals surface area contributed by atoms with Crippen LogP contribution in [0.1, 0.15) is 29.4 Å². The lowest BCUT2D eigenvalue weighted by atomic mass is 10.1. The molecule has 37 heavy (non-hydrogen) atoms. The van der Waals surface area contributed by atoms with Crippen LogP contribution in [-0.4, -0.2) is 72.5 Å². The number of hydrogen-bond acceptors (Lipinski definition) is 7. The van der Waals surface area contributed by atoms with Crippen LogP contribution >= 0.6 is 0 Å². The van der Waals surface area contributed by atoms with Crippen molar-refractivity contribution in [2.45, 2.75) is 24.9 Å². The van der Waals surface area contributed by atoms with Crippen LogP contribution in [0.4, 0.5) is 10.5 Å². The predicted octanol–water partition coefficient (Wildman–Crippen LogP) is 2.61. The van der Waals surface area contributed by atoms with Gasteiger partial charge in [-0.3, -0.25) is 24.4 Å². The molecule has 190 valence electrons. The van der Waals surface area contributed by atoms with E-state index in [9.17, 15) is 9.59 Å². The zero-order valence-electron chi connectivity index (χ0n) is 19.6. The van der Waals surface area contributed by atoms with E-state index >= 15 is 0 Å². The highest BCUT2D eigenvalue weighted by Crippen LogP contribution is 2.30. The average Bonchev–Trinajstić information content (AvgIpc) is 3.25. The van der Waals surface area contributed by atoms with Crippen molar-refractivity contribution in [1.82, 2.24) is 35.2 Å². The maximum absolute atomic E-state index is 12.9. The van der Waals surface area contributed by atoms with Gasteiger partial charge in [-0.15, -0.1) is 0 Å². The number of carbonyl (C=O) groups is 3. The van der Waals surface area contributed by atoms with E-state index < -0.39 is 5.91 Å². The molecule has 1 saturated carbocycles. The highest BCUT2D eigenvalue weighted by atomic mass is 16.4. The van der Waals surface area contributed by atoms with Crippen LogP contribution in [0.3, 0.4) is 0 Å². The van der Waals surface area contributed by atoms with Crippen LogP contribution in [0, 0.1) is 0 Å². The topological polar surface area (TPSA) is 171 Å². The van der Waals surface area contributed by atoms with E-state index in [1.54, 1.807) is 46.5 Å². The molecule has 0 atom stereocenters. The molecule has 1 aliphatic heterocycles. The van der Waals surface area contributed by atoms with Crippen LogP contribution in [-0.2, 0) is 4.79 Å². The second kappa shape index (κ2) is 10.4. The van der Waals surface area contributed by atoms with Gasteiger partial charge in [0.05, 0.1) is 29.2 Å². The Balaban J connectivity index is 0.000000892. The standard InChI is InChI=1S/C23H22N8O3.CH2O2/c32-22(20-7-6-19(34-20)14-9-25-26-10-14)28-18-13-31(29-21(18)17-3-1-2-8-24-17)16-11-30(12-16)23(33)27-15-4-5-15;2-1-3/h1-3,6-10,13,15-16H,4-5,11-12H2,(H,25,26)(H,27,33)(H,28,32);1H,(H,2,3). The summed E-state index contributed by atoms with van der Waals surface area (Å²) in [6.45, 7) is 0.864. The first-order valence-corrected chi connectivity index (χ1v) is 11.6. The number of likely N-dealkylation sites (tertiary alicyclic amines) is 1. The number of H-pyrrole nitrogens is 1.